The van der Waals surface area contributed by atoms with Gasteiger partial charge < -0.3 is 4.57 Å². The number of nitrogens with zero attached hydrogens (tertiary/aromatic N) is 6. The standard InChI is InChI=1S/C48H28N6/c1-2-16-34-33(15-1)35-19-8-11-29-24-25-42-45(43(29)35)44-36(34)20-9-23-41(44)53(42)39-21-5-4-18-38(39)47-51-48-50-46(37-17-3-6-22-40(37)54(48)52-47)31-13-7-12-30(27-31)32-14-10-26-49-28-32/h1-28H. The van der Waals surface area contributed by atoms with Crippen molar-refractivity contribution in [1.82, 2.24) is 29.1 Å². The number of aromatic nitrogens is 6. The first kappa shape index (κ1) is 29.2. The quantitative estimate of drug-likeness (QED) is 0.185. The minimum absolute atomic E-state index is 0.548. The molecule has 0 aliphatic heterocycles. The summed E-state index contributed by atoms with van der Waals surface area (Å²) in [6.07, 6.45) is 3.69. The van der Waals surface area contributed by atoms with E-state index in [1.54, 1.807) is 6.20 Å². The zero-order valence-corrected chi connectivity index (χ0v) is 28.8. The highest BCUT2D eigenvalue weighted by Gasteiger charge is 2.26. The summed E-state index contributed by atoms with van der Waals surface area (Å²) in [6.45, 7) is 0. The molecule has 0 saturated carbocycles. The summed E-state index contributed by atoms with van der Waals surface area (Å²) in [7, 11) is 0. The number of hydrogen-bond acceptors (Lipinski definition) is 4. The highest BCUT2D eigenvalue weighted by molar-refractivity contribution is 6.30. The Morgan fingerprint density at radius 1 is 0.444 bits per heavy atom. The van der Waals surface area contributed by atoms with E-state index < -0.39 is 0 Å². The van der Waals surface area contributed by atoms with E-state index >= 15 is 0 Å². The highest BCUT2D eigenvalue weighted by Crippen LogP contribution is 2.50. The minimum atomic E-state index is 0.548. The van der Waals surface area contributed by atoms with Crippen LogP contribution in [0.3, 0.4) is 0 Å². The molecule has 0 saturated heterocycles. The zero-order valence-electron chi connectivity index (χ0n) is 28.8. The number of fused-ring (bicyclic) bond motifs is 6. The van der Waals surface area contributed by atoms with Crippen LogP contribution in [0, 0.1) is 0 Å². The SMILES string of the molecule is c1cncc(-c2cccc(-c3nc4nc(-c5ccccc5-n5c6cccc7c6c6c8c(cccc8ccc65)-c5ccccc5-7)nn4c4ccccc34)c2)c1. The van der Waals surface area contributed by atoms with Crippen molar-refractivity contribution in [1.29, 1.82) is 0 Å². The second kappa shape index (κ2) is 11.0. The molecule has 12 rings (SSSR count). The second-order valence-electron chi connectivity index (χ2n) is 13.9. The maximum absolute atomic E-state index is 5.20. The topological polar surface area (TPSA) is 60.9 Å². The lowest BCUT2D eigenvalue weighted by molar-refractivity contribution is 0.987. The van der Waals surface area contributed by atoms with Gasteiger partial charge in [-0.3, -0.25) is 4.98 Å². The van der Waals surface area contributed by atoms with Gasteiger partial charge in [-0.1, -0.05) is 115 Å². The predicted molar refractivity (Wildman–Crippen MR) is 219 cm³/mol. The molecule has 0 spiro atoms. The lowest BCUT2D eigenvalue weighted by Gasteiger charge is -2.15. The van der Waals surface area contributed by atoms with Crippen LogP contribution in [0.5, 0.6) is 0 Å². The average molecular weight is 689 g/mol. The van der Waals surface area contributed by atoms with Gasteiger partial charge in [0.15, 0.2) is 5.82 Å². The van der Waals surface area contributed by atoms with E-state index in [0.29, 0.717) is 11.6 Å². The largest absolute Gasteiger partial charge is 0.308 e. The van der Waals surface area contributed by atoms with E-state index in [-0.39, 0.29) is 0 Å². The molecule has 0 unspecified atom stereocenters. The molecule has 0 atom stereocenters. The van der Waals surface area contributed by atoms with Crippen LogP contribution in [-0.4, -0.2) is 29.1 Å². The summed E-state index contributed by atoms with van der Waals surface area (Å²) in [6, 6.07) is 56.0. The Bertz CT molecular complexity index is 3340. The molecule has 0 fully saturated rings. The maximum Gasteiger partial charge on any atom is 0.253 e. The van der Waals surface area contributed by atoms with Crippen LogP contribution in [0.4, 0.5) is 0 Å². The molecular formula is C48H28N6. The van der Waals surface area contributed by atoms with Gasteiger partial charge in [-0.05, 0) is 81.1 Å². The molecule has 4 aromatic heterocycles. The predicted octanol–water partition coefficient (Wildman–Crippen LogP) is 11.6. The van der Waals surface area contributed by atoms with Crippen molar-refractivity contribution in [2.75, 3.05) is 0 Å². The van der Waals surface area contributed by atoms with E-state index in [1.165, 1.54) is 43.8 Å². The third-order valence-electron chi connectivity index (χ3n) is 11.0. The van der Waals surface area contributed by atoms with Crippen LogP contribution in [0.25, 0.3) is 111 Å². The zero-order chi connectivity index (χ0) is 35.3. The van der Waals surface area contributed by atoms with Crippen LogP contribution in [0.1, 0.15) is 0 Å². The van der Waals surface area contributed by atoms with Crippen LogP contribution in [-0.2, 0) is 0 Å². The van der Waals surface area contributed by atoms with Gasteiger partial charge in [0.2, 0.25) is 0 Å². The monoisotopic (exact) mass is 688 g/mol. The third kappa shape index (κ3) is 4.05. The van der Waals surface area contributed by atoms with Crippen molar-refractivity contribution in [2.24, 2.45) is 0 Å². The van der Waals surface area contributed by atoms with Gasteiger partial charge in [0.1, 0.15) is 0 Å². The smallest absolute Gasteiger partial charge is 0.253 e. The average Bonchev–Trinajstić information content (AvgIpc) is 3.80. The summed E-state index contributed by atoms with van der Waals surface area (Å²) in [4.78, 5) is 14.7. The van der Waals surface area contributed by atoms with Crippen molar-refractivity contribution in [3.8, 4) is 61.7 Å². The van der Waals surface area contributed by atoms with Crippen LogP contribution < -0.4 is 0 Å². The van der Waals surface area contributed by atoms with Crippen molar-refractivity contribution >= 4 is 49.3 Å². The van der Waals surface area contributed by atoms with E-state index in [2.05, 4.69) is 155 Å². The summed E-state index contributed by atoms with van der Waals surface area (Å²) in [5, 5.41) is 11.2. The fourth-order valence-electron chi connectivity index (χ4n) is 8.72. The molecule has 6 heteroatoms. The van der Waals surface area contributed by atoms with Crippen molar-refractivity contribution in [3.05, 3.63) is 170 Å². The fourth-order valence-corrected chi connectivity index (χ4v) is 8.72. The van der Waals surface area contributed by atoms with Gasteiger partial charge in [0.05, 0.1) is 27.9 Å². The number of pyridine rings is 1. The van der Waals surface area contributed by atoms with E-state index in [9.17, 15) is 0 Å². The molecule has 0 bridgehead atoms. The molecule has 250 valence electrons. The Morgan fingerprint density at radius 2 is 1.13 bits per heavy atom. The first-order valence-electron chi connectivity index (χ1n) is 18.1. The van der Waals surface area contributed by atoms with E-state index in [4.69, 9.17) is 15.1 Å². The third-order valence-corrected chi connectivity index (χ3v) is 11.0. The number of rotatable bonds is 4. The number of hydrogen-bond donors (Lipinski definition) is 0. The second-order valence-corrected chi connectivity index (χ2v) is 13.9. The lowest BCUT2D eigenvalue weighted by Crippen LogP contribution is -1.99. The minimum Gasteiger partial charge on any atom is -0.308 e. The first-order chi connectivity index (χ1) is 26.8. The fraction of sp³-hybridized carbons (Fsp3) is 0. The summed E-state index contributed by atoms with van der Waals surface area (Å²) in [5.41, 5.74) is 14.2. The Kier molecular flexibility index (Phi) is 5.96. The number of para-hydroxylation sites is 2. The summed E-state index contributed by atoms with van der Waals surface area (Å²) >= 11 is 0. The Morgan fingerprint density at radius 3 is 2.00 bits per heavy atom. The van der Waals surface area contributed by atoms with Gasteiger partial charge in [-0.2, -0.15) is 9.50 Å². The number of benzene rings is 7. The summed E-state index contributed by atoms with van der Waals surface area (Å²) in [5.74, 6) is 1.17. The molecule has 1 aliphatic carbocycles. The van der Waals surface area contributed by atoms with Crippen molar-refractivity contribution in [3.63, 3.8) is 0 Å². The molecular weight excluding hydrogens is 661 g/mol. The molecule has 54 heavy (non-hydrogen) atoms. The van der Waals surface area contributed by atoms with E-state index in [1.807, 2.05) is 22.8 Å². The van der Waals surface area contributed by atoms with Gasteiger partial charge >= 0.3 is 0 Å². The van der Waals surface area contributed by atoms with Gasteiger partial charge in [0.25, 0.3) is 5.78 Å². The molecule has 0 amide bonds. The van der Waals surface area contributed by atoms with Crippen LogP contribution >= 0.6 is 0 Å². The van der Waals surface area contributed by atoms with Gasteiger partial charge in [0, 0.05) is 45.2 Å². The molecule has 0 N–H and O–H groups in total. The van der Waals surface area contributed by atoms with Gasteiger partial charge in [-0.25, -0.2) is 4.98 Å². The van der Waals surface area contributed by atoms with Crippen molar-refractivity contribution in [2.45, 2.75) is 0 Å². The Labute approximate surface area is 309 Å². The Hall–Kier alpha value is -7.44. The maximum atomic E-state index is 5.20. The molecule has 6 nitrogen and oxygen atoms in total. The molecule has 7 aromatic carbocycles. The lowest BCUT2D eigenvalue weighted by atomic mass is 9.93. The van der Waals surface area contributed by atoms with Crippen LogP contribution in [0.2, 0.25) is 0 Å². The molecule has 1 aliphatic rings. The van der Waals surface area contributed by atoms with Crippen LogP contribution in [0.15, 0.2) is 170 Å². The highest BCUT2D eigenvalue weighted by atomic mass is 15.3. The normalized spacial score (nSPS) is 12.1. The summed E-state index contributed by atoms with van der Waals surface area (Å²) < 4.78 is 4.29. The molecule has 4 heterocycles. The van der Waals surface area contributed by atoms with E-state index in [0.717, 1.165) is 55.6 Å². The molecule has 11 aromatic rings. The first-order valence-corrected chi connectivity index (χ1v) is 18.1. The molecule has 0 radical (unpaired) electrons. The van der Waals surface area contributed by atoms with Crippen molar-refractivity contribution < 1.29 is 0 Å². The Balaban J connectivity index is 1.10. The van der Waals surface area contributed by atoms with Gasteiger partial charge in [-0.15, -0.1) is 5.10 Å².